The first kappa shape index (κ1) is 12.2. The van der Waals surface area contributed by atoms with Crippen LogP contribution in [-0.4, -0.2) is 17.4 Å². The number of carbonyl (C=O) groups excluding carboxylic acids is 1. The fraction of sp³-hybridized carbons (Fsp3) is 0.200. The number of benzene rings is 1. The molecule has 19 heavy (non-hydrogen) atoms. The van der Waals surface area contributed by atoms with Gasteiger partial charge in [0.25, 0.3) is 0 Å². The van der Waals surface area contributed by atoms with Crippen molar-refractivity contribution in [1.29, 1.82) is 0 Å². The van der Waals surface area contributed by atoms with Crippen molar-refractivity contribution in [1.82, 2.24) is 4.98 Å². The van der Waals surface area contributed by atoms with Gasteiger partial charge in [-0.25, -0.2) is 4.98 Å². The normalized spacial score (nSPS) is 19.1. The predicted octanol–water partition coefficient (Wildman–Crippen LogP) is 3.43. The molecule has 1 atom stereocenters. The van der Waals surface area contributed by atoms with Gasteiger partial charge in [0.2, 0.25) is 5.91 Å². The molecule has 2 heterocycles. The summed E-state index contributed by atoms with van der Waals surface area (Å²) in [4.78, 5) is 18.2. The van der Waals surface area contributed by atoms with Crippen LogP contribution >= 0.6 is 11.6 Å². The summed E-state index contributed by atoms with van der Waals surface area (Å²) in [6.45, 7) is 4.43. The number of hydrogen-bond acceptors (Lipinski definition) is 2. The molecule has 1 fully saturated rings. The largest absolute Gasteiger partial charge is 0.311 e. The first-order valence-electron chi connectivity index (χ1n) is 6.17. The number of nitrogens with zero attached hydrogens (tertiary/aromatic N) is 2. The van der Waals surface area contributed by atoms with Gasteiger partial charge in [0.15, 0.2) is 0 Å². The molecule has 4 heteroatoms. The highest BCUT2D eigenvalue weighted by Gasteiger charge is 2.29. The highest BCUT2D eigenvalue weighted by molar-refractivity contribution is 6.30. The molecule has 1 unspecified atom stereocenters. The number of halogens is 1. The molecule has 1 saturated heterocycles. The molecule has 1 aromatic carbocycles. The number of aromatic nitrogens is 1. The maximum absolute atomic E-state index is 12.1. The van der Waals surface area contributed by atoms with E-state index < -0.39 is 0 Å². The molecular formula is C15H13ClN2O. The quantitative estimate of drug-likeness (QED) is 0.620. The van der Waals surface area contributed by atoms with Gasteiger partial charge in [-0.15, -0.1) is 6.58 Å². The number of pyridine rings is 1. The second-order valence-corrected chi connectivity index (χ2v) is 5.07. The number of para-hydroxylation sites is 1. The Balaban J connectivity index is 2.14. The average Bonchev–Trinajstić information content (AvgIpc) is 2.79. The van der Waals surface area contributed by atoms with E-state index in [1.54, 1.807) is 11.0 Å². The van der Waals surface area contributed by atoms with E-state index in [1.807, 2.05) is 30.3 Å². The smallest absolute Gasteiger partial charge is 0.227 e. The van der Waals surface area contributed by atoms with E-state index >= 15 is 0 Å². The molecule has 0 saturated carbocycles. The molecule has 3 rings (SSSR count). The first-order valence-corrected chi connectivity index (χ1v) is 6.55. The lowest BCUT2D eigenvalue weighted by molar-refractivity contribution is -0.117. The maximum atomic E-state index is 12.1. The van der Waals surface area contributed by atoms with Crippen LogP contribution in [0.15, 0.2) is 43.0 Å². The van der Waals surface area contributed by atoms with E-state index in [9.17, 15) is 4.79 Å². The standard InChI is InChI=1S/C15H13ClN2O/c1-2-10-7-15(19)18(9-10)13-8-14(16)17-12-6-4-3-5-11(12)13/h2-6,8,10H,1,7,9H2. The van der Waals surface area contributed by atoms with Crippen LogP contribution in [0.1, 0.15) is 6.42 Å². The minimum absolute atomic E-state index is 0.109. The molecule has 0 radical (unpaired) electrons. The number of anilines is 1. The van der Waals surface area contributed by atoms with Gasteiger partial charge in [0.05, 0.1) is 11.2 Å². The molecule has 0 bridgehead atoms. The van der Waals surface area contributed by atoms with Gasteiger partial charge in [-0.3, -0.25) is 4.79 Å². The number of carbonyl (C=O) groups is 1. The Morgan fingerprint density at radius 1 is 1.42 bits per heavy atom. The van der Waals surface area contributed by atoms with E-state index in [0.29, 0.717) is 18.1 Å². The van der Waals surface area contributed by atoms with Crippen molar-refractivity contribution in [3.8, 4) is 0 Å². The molecule has 0 spiro atoms. The van der Waals surface area contributed by atoms with E-state index in [0.717, 1.165) is 16.6 Å². The molecule has 1 amide bonds. The highest BCUT2D eigenvalue weighted by Crippen LogP contribution is 2.33. The van der Waals surface area contributed by atoms with Crippen LogP contribution in [0.3, 0.4) is 0 Å². The Kier molecular flexibility index (Phi) is 2.99. The Hall–Kier alpha value is -1.87. The van der Waals surface area contributed by atoms with Crippen LogP contribution in [-0.2, 0) is 4.79 Å². The molecule has 3 nitrogen and oxygen atoms in total. The molecule has 0 aliphatic carbocycles. The summed E-state index contributed by atoms with van der Waals surface area (Å²) in [7, 11) is 0. The topological polar surface area (TPSA) is 33.2 Å². The lowest BCUT2D eigenvalue weighted by atomic mass is 10.1. The monoisotopic (exact) mass is 272 g/mol. The third-order valence-corrected chi connectivity index (χ3v) is 3.64. The first-order chi connectivity index (χ1) is 9.19. The SMILES string of the molecule is C=CC1CC(=O)N(c2cc(Cl)nc3ccccc23)C1. The maximum Gasteiger partial charge on any atom is 0.227 e. The predicted molar refractivity (Wildman–Crippen MR) is 77.4 cm³/mol. The van der Waals surface area contributed by atoms with Crippen molar-refractivity contribution >= 4 is 34.1 Å². The van der Waals surface area contributed by atoms with E-state index in [4.69, 9.17) is 11.6 Å². The van der Waals surface area contributed by atoms with Gasteiger partial charge >= 0.3 is 0 Å². The zero-order valence-electron chi connectivity index (χ0n) is 10.3. The van der Waals surface area contributed by atoms with E-state index in [2.05, 4.69) is 11.6 Å². The summed E-state index contributed by atoms with van der Waals surface area (Å²) in [5.74, 6) is 0.315. The van der Waals surface area contributed by atoms with Crippen molar-refractivity contribution in [2.24, 2.45) is 5.92 Å². The number of amides is 1. The van der Waals surface area contributed by atoms with Gasteiger partial charge in [0, 0.05) is 24.3 Å². The summed E-state index contributed by atoms with van der Waals surface area (Å²) < 4.78 is 0. The van der Waals surface area contributed by atoms with Crippen molar-refractivity contribution in [3.63, 3.8) is 0 Å². The lowest BCUT2D eigenvalue weighted by Gasteiger charge is -2.18. The fourth-order valence-corrected chi connectivity index (χ4v) is 2.67. The van der Waals surface area contributed by atoms with Crippen molar-refractivity contribution in [3.05, 3.63) is 48.1 Å². The molecule has 2 aromatic rings. The van der Waals surface area contributed by atoms with Gasteiger partial charge in [-0.05, 0) is 12.1 Å². The summed E-state index contributed by atoms with van der Waals surface area (Å²) in [5.41, 5.74) is 1.64. The second kappa shape index (κ2) is 4.67. The van der Waals surface area contributed by atoms with Crippen molar-refractivity contribution < 1.29 is 4.79 Å². The van der Waals surface area contributed by atoms with E-state index in [-0.39, 0.29) is 11.8 Å². The number of fused-ring (bicyclic) bond motifs is 1. The molecular weight excluding hydrogens is 260 g/mol. The van der Waals surface area contributed by atoms with Gasteiger partial charge in [-0.1, -0.05) is 35.9 Å². The Labute approximate surface area is 116 Å². The van der Waals surface area contributed by atoms with Crippen LogP contribution < -0.4 is 4.90 Å². The third kappa shape index (κ3) is 2.10. The summed E-state index contributed by atoms with van der Waals surface area (Å²) in [6, 6.07) is 9.47. The van der Waals surface area contributed by atoms with Crippen molar-refractivity contribution in [2.45, 2.75) is 6.42 Å². The molecule has 1 aromatic heterocycles. The third-order valence-electron chi connectivity index (χ3n) is 3.44. The summed E-state index contributed by atoms with van der Waals surface area (Å²) in [5, 5.41) is 1.36. The van der Waals surface area contributed by atoms with E-state index in [1.165, 1.54) is 0 Å². The Morgan fingerprint density at radius 3 is 2.95 bits per heavy atom. The van der Waals surface area contributed by atoms with Crippen LogP contribution in [0.2, 0.25) is 5.15 Å². The molecule has 1 aliphatic heterocycles. The lowest BCUT2D eigenvalue weighted by Crippen LogP contribution is -2.24. The van der Waals surface area contributed by atoms with Gasteiger partial charge < -0.3 is 4.90 Å². The molecule has 0 N–H and O–H groups in total. The summed E-state index contributed by atoms with van der Waals surface area (Å²) >= 11 is 6.05. The number of hydrogen-bond donors (Lipinski definition) is 0. The van der Waals surface area contributed by atoms with Crippen LogP contribution in [0.5, 0.6) is 0 Å². The van der Waals surface area contributed by atoms with Crippen LogP contribution in [0.25, 0.3) is 10.9 Å². The number of rotatable bonds is 2. The second-order valence-electron chi connectivity index (χ2n) is 4.69. The molecule has 96 valence electrons. The zero-order chi connectivity index (χ0) is 13.4. The fourth-order valence-electron chi connectivity index (χ4n) is 2.47. The van der Waals surface area contributed by atoms with Crippen LogP contribution in [0, 0.1) is 5.92 Å². The van der Waals surface area contributed by atoms with Crippen LogP contribution in [0.4, 0.5) is 5.69 Å². The Morgan fingerprint density at radius 2 is 2.21 bits per heavy atom. The van der Waals surface area contributed by atoms with Crippen molar-refractivity contribution in [2.75, 3.05) is 11.4 Å². The highest BCUT2D eigenvalue weighted by atomic mass is 35.5. The zero-order valence-corrected chi connectivity index (χ0v) is 11.1. The van der Waals surface area contributed by atoms with Gasteiger partial charge in [0.1, 0.15) is 5.15 Å². The molecule has 1 aliphatic rings. The van der Waals surface area contributed by atoms with Gasteiger partial charge in [-0.2, -0.15) is 0 Å². The summed E-state index contributed by atoms with van der Waals surface area (Å²) in [6.07, 6.45) is 2.35. The minimum atomic E-state index is 0.109. The Bertz CT molecular complexity index is 668. The average molecular weight is 273 g/mol. The minimum Gasteiger partial charge on any atom is -0.311 e.